The van der Waals surface area contributed by atoms with E-state index in [1.54, 1.807) is 0 Å². The molecule has 0 bridgehead atoms. The van der Waals surface area contributed by atoms with E-state index in [0.29, 0.717) is 10.9 Å². The van der Waals surface area contributed by atoms with Crippen molar-refractivity contribution >= 4 is 38.7 Å². The minimum Gasteiger partial charge on any atom is -0.504 e. The van der Waals surface area contributed by atoms with E-state index in [0.717, 1.165) is 12.8 Å². The molecule has 0 aliphatic carbocycles. The Hall–Kier alpha value is -2.22. The highest BCUT2D eigenvalue weighted by Gasteiger charge is 2.38. The standard InChI is InChI=1S/C21H26ClN3O8S/c1-3-13(15-7-4-10(2)33-15)23-16-17(20(29)19(16)28)24-14-6-5-12(22)21(18(14)27)34(30,31)25-8-11(26)9-32-25/h5-6,10-11,13,15,23-24,26-27H,3-4,7-9H2,1-2H3. The summed E-state index contributed by atoms with van der Waals surface area (Å²) < 4.78 is 32.3. The predicted octanol–water partition coefficient (Wildman–Crippen LogP) is 1.44. The number of aliphatic hydroxyl groups is 1. The van der Waals surface area contributed by atoms with Gasteiger partial charge in [-0.05, 0) is 38.3 Å². The average Bonchev–Trinajstić information content (AvgIpc) is 3.43. The van der Waals surface area contributed by atoms with Crippen LogP contribution in [0.4, 0.5) is 17.1 Å². The largest absolute Gasteiger partial charge is 0.504 e. The number of β-amino-alcohol motifs (C(OH)–C–C–N with tert-alkyl or cyclic N) is 1. The molecule has 0 radical (unpaired) electrons. The third kappa shape index (κ3) is 4.41. The molecule has 0 spiro atoms. The first-order chi connectivity index (χ1) is 16.0. The lowest BCUT2D eigenvalue weighted by atomic mass is 10.0. The molecule has 4 N–H and O–H groups in total. The Bertz CT molecular complexity index is 1260. The number of benzene rings is 1. The van der Waals surface area contributed by atoms with Crippen LogP contribution in [0, 0.1) is 0 Å². The number of aliphatic hydroxyl groups excluding tert-OH is 1. The lowest BCUT2D eigenvalue weighted by Gasteiger charge is -2.26. The zero-order valence-corrected chi connectivity index (χ0v) is 20.1. The number of phenolic OH excluding ortho intramolecular Hbond substituents is 1. The van der Waals surface area contributed by atoms with Crippen molar-refractivity contribution in [3.63, 3.8) is 0 Å². The molecule has 4 unspecified atom stereocenters. The number of rotatable bonds is 8. The molecule has 2 aromatic rings. The van der Waals surface area contributed by atoms with E-state index < -0.39 is 37.6 Å². The summed E-state index contributed by atoms with van der Waals surface area (Å²) in [6.07, 6.45) is 1.33. The second-order valence-electron chi connectivity index (χ2n) is 8.47. The molecule has 186 valence electrons. The van der Waals surface area contributed by atoms with Crippen LogP contribution < -0.4 is 21.5 Å². The van der Waals surface area contributed by atoms with Gasteiger partial charge in [0.15, 0.2) is 5.75 Å². The lowest BCUT2D eigenvalue weighted by Crippen LogP contribution is -2.42. The molecular weight excluding hydrogens is 490 g/mol. The molecular formula is C21H26ClN3O8S. The SMILES string of the molecule is CCC(Nc1c(Nc2ccc(Cl)c(S(=O)(=O)N3CC(O)CO3)c2O)c(=O)c1=O)C1CCC(C)O1. The van der Waals surface area contributed by atoms with Gasteiger partial charge in [0.1, 0.15) is 16.3 Å². The molecule has 0 saturated carbocycles. The van der Waals surface area contributed by atoms with E-state index in [1.165, 1.54) is 12.1 Å². The van der Waals surface area contributed by atoms with Crippen molar-refractivity contribution in [1.29, 1.82) is 0 Å². The Morgan fingerprint density at radius 1 is 1.24 bits per heavy atom. The number of ether oxygens (including phenoxy) is 1. The van der Waals surface area contributed by atoms with Crippen molar-refractivity contribution in [2.24, 2.45) is 0 Å². The molecule has 34 heavy (non-hydrogen) atoms. The van der Waals surface area contributed by atoms with Crippen LogP contribution >= 0.6 is 11.6 Å². The lowest BCUT2D eigenvalue weighted by molar-refractivity contribution is -0.0317. The van der Waals surface area contributed by atoms with E-state index in [-0.39, 0.29) is 53.5 Å². The smallest absolute Gasteiger partial charge is 0.270 e. The normalized spacial score (nSPS) is 24.5. The summed E-state index contributed by atoms with van der Waals surface area (Å²) in [7, 11) is -4.43. The number of nitrogens with one attached hydrogen (secondary N) is 2. The van der Waals surface area contributed by atoms with E-state index in [1.807, 2.05) is 13.8 Å². The van der Waals surface area contributed by atoms with Crippen molar-refractivity contribution in [3.05, 3.63) is 37.6 Å². The number of sulfonamides is 1. The number of anilines is 3. The fraction of sp³-hybridized carbons (Fsp3) is 0.524. The highest BCUT2D eigenvalue weighted by molar-refractivity contribution is 7.89. The van der Waals surface area contributed by atoms with Crippen molar-refractivity contribution < 1.29 is 28.2 Å². The number of phenols is 1. The Kier molecular flexibility index (Phi) is 6.91. The van der Waals surface area contributed by atoms with Crippen LogP contribution in [0.15, 0.2) is 26.6 Å². The summed E-state index contributed by atoms with van der Waals surface area (Å²) in [5.74, 6) is -0.753. The van der Waals surface area contributed by atoms with E-state index in [9.17, 15) is 28.2 Å². The summed E-state index contributed by atoms with van der Waals surface area (Å²) in [4.78, 5) is 28.9. The van der Waals surface area contributed by atoms with Crippen LogP contribution in [0.1, 0.15) is 33.1 Å². The van der Waals surface area contributed by atoms with Gasteiger partial charge < -0.3 is 25.6 Å². The number of halogens is 1. The Morgan fingerprint density at radius 2 is 1.94 bits per heavy atom. The molecule has 11 nitrogen and oxygen atoms in total. The molecule has 2 aliphatic heterocycles. The monoisotopic (exact) mass is 515 g/mol. The van der Waals surface area contributed by atoms with Gasteiger partial charge in [0.2, 0.25) is 0 Å². The van der Waals surface area contributed by atoms with Gasteiger partial charge in [-0.15, -0.1) is 0 Å². The number of nitrogens with zero attached hydrogens (tertiary/aromatic N) is 1. The summed E-state index contributed by atoms with van der Waals surface area (Å²) in [6, 6.07) is 2.31. The minimum absolute atomic E-state index is 0.0461. The quantitative estimate of drug-likeness (QED) is 0.300. The zero-order chi connectivity index (χ0) is 24.8. The Labute approximate surface area is 200 Å². The van der Waals surface area contributed by atoms with Gasteiger partial charge in [-0.2, -0.15) is 0 Å². The summed E-state index contributed by atoms with van der Waals surface area (Å²) in [5, 5.41) is 25.8. The molecule has 2 heterocycles. The van der Waals surface area contributed by atoms with Crippen LogP contribution in [0.5, 0.6) is 5.75 Å². The molecule has 13 heteroatoms. The maximum atomic E-state index is 12.9. The summed E-state index contributed by atoms with van der Waals surface area (Å²) in [6.45, 7) is 3.35. The molecule has 0 amide bonds. The first-order valence-electron chi connectivity index (χ1n) is 10.9. The van der Waals surface area contributed by atoms with Gasteiger partial charge in [0.05, 0.1) is 48.2 Å². The minimum atomic E-state index is -4.43. The predicted molar refractivity (Wildman–Crippen MR) is 125 cm³/mol. The molecule has 4 rings (SSSR count). The van der Waals surface area contributed by atoms with Crippen LogP contribution in [-0.4, -0.2) is 60.6 Å². The van der Waals surface area contributed by atoms with Crippen LogP contribution in [0.25, 0.3) is 0 Å². The molecule has 4 atom stereocenters. The average molecular weight is 516 g/mol. The van der Waals surface area contributed by atoms with Gasteiger partial charge in [-0.1, -0.05) is 23.0 Å². The first kappa shape index (κ1) is 24.9. The second-order valence-corrected chi connectivity index (χ2v) is 10.6. The van der Waals surface area contributed by atoms with Gasteiger partial charge in [-0.3, -0.25) is 14.4 Å². The van der Waals surface area contributed by atoms with Crippen molar-refractivity contribution in [2.45, 2.75) is 62.4 Å². The van der Waals surface area contributed by atoms with Crippen LogP contribution in [0.3, 0.4) is 0 Å². The fourth-order valence-electron chi connectivity index (χ4n) is 4.16. The van der Waals surface area contributed by atoms with Gasteiger partial charge in [0.25, 0.3) is 20.9 Å². The highest BCUT2D eigenvalue weighted by atomic mass is 35.5. The highest BCUT2D eigenvalue weighted by Crippen LogP contribution is 2.40. The van der Waals surface area contributed by atoms with E-state index in [2.05, 4.69) is 10.6 Å². The zero-order valence-electron chi connectivity index (χ0n) is 18.6. The number of hydrogen-bond acceptors (Lipinski definition) is 10. The van der Waals surface area contributed by atoms with Crippen molar-refractivity contribution in [3.8, 4) is 5.75 Å². The molecule has 2 fully saturated rings. The molecule has 2 saturated heterocycles. The van der Waals surface area contributed by atoms with Crippen molar-refractivity contribution in [2.75, 3.05) is 23.8 Å². The summed E-state index contributed by atoms with van der Waals surface area (Å²) >= 11 is 6.07. The maximum Gasteiger partial charge on any atom is 0.270 e. The molecule has 0 aromatic heterocycles. The second kappa shape index (κ2) is 9.44. The molecule has 2 aromatic carbocycles. The number of hydroxylamine groups is 1. The number of hydrogen-bond donors (Lipinski definition) is 4. The van der Waals surface area contributed by atoms with E-state index in [4.69, 9.17) is 21.2 Å². The fourth-order valence-corrected chi connectivity index (χ4v) is 6.05. The van der Waals surface area contributed by atoms with Gasteiger partial charge in [-0.25, -0.2) is 8.42 Å². The van der Waals surface area contributed by atoms with Crippen molar-refractivity contribution in [1.82, 2.24) is 4.47 Å². The van der Waals surface area contributed by atoms with E-state index >= 15 is 0 Å². The third-order valence-electron chi connectivity index (χ3n) is 6.03. The summed E-state index contributed by atoms with van der Waals surface area (Å²) in [5.41, 5.74) is -1.71. The maximum absolute atomic E-state index is 12.9. The number of aromatic hydroxyl groups is 1. The van der Waals surface area contributed by atoms with Gasteiger partial charge >= 0.3 is 0 Å². The first-order valence-corrected chi connectivity index (χ1v) is 12.7. The topological polar surface area (TPSA) is 154 Å². The van der Waals surface area contributed by atoms with Crippen LogP contribution in [0.2, 0.25) is 5.02 Å². The van der Waals surface area contributed by atoms with Gasteiger partial charge in [0, 0.05) is 0 Å². The third-order valence-corrected chi connectivity index (χ3v) is 8.18. The Balaban J connectivity index is 1.62. The van der Waals surface area contributed by atoms with Crippen LogP contribution in [-0.2, 0) is 19.6 Å². The Morgan fingerprint density at radius 3 is 2.53 bits per heavy atom. The molecule has 2 aliphatic rings.